The van der Waals surface area contributed by atoms with Crippen LogP contribution in [0.3, 0.4) is 0 Å². The summed E-state index contributed by atoms with van der Waals surface area (Å²) >= 11 is 3.48. The molecule has 0 radical (unpaired) electrons. The summed E-state index contributed by atoms with van der Waals surface area (Å²) in [7, 11) is 0. The molecule has 0 spiro atoms. The Labute approximate surface area is 104 Å². The van der Waals surface area contributed by atoms with E-state index in [2.05, 4.69) is 28.2 Å². The zero-order valence-electron chi connectivity index (χ0n) is 9.22. The first-order valence-corrected chi connectivity index (χ1v) is 6.28. The second kappa shape index (κ2) is 4.45. The van der Waals surface area contributed by atoms with E-state index in [-0.39, 0.29) is 11.9 Å². The molecule has 1 aromatic rings. The van der Waals surface area contributed by atoms with Crippen molar-refractivity contribution in [2.45, 2.75) is 32.2 Å². The average molecular weight is 283 g/mol. The number of rotatable bonds is 2. The van der Waals surface area contributed by atoms with Crippen molar-refractivity contribution in [2.75, 3.05) is 5.73 Å². The molecule has 3 N–H and O–H groups in total. The first-order valence-electron chi connectivity index (χ1n) is 5.49. The topological polar surface area (TPSA) is 55.1 Å². The van der Waals surface area contributed by atoms with Gasteiger partial charge in [0.25, 0.3) is 0 Å². The van der Waals surface area contributed by atoms with Crippen LogP contribution in [-0.2, 0) is 11.2 Å². The maximum atomic E-state index is 11.2. The fraction of sp³-hybridized carbons (Fsp3) is 0.417. The quantitative estimate of drug-likeness (QED) is 0.819. The Morgan fingerprint density at radius 2 is 2.31 bits per heavy atom. The van der Waals surface area contributed by atoms with Crippen LogP contribution in [0.25, 0.3) is 0 Å². The minimum absolute atomic E-state index is 0.0790. The second-order valence-electron chi connectivity index (χ2n) is 4.08. The van der Waals surface area contributed by atoms with E-state index in [1.54, 1.807) is 0 Å². The molecule has 4 heteroatoms. The predicted molar refractivity (Wildman–Crippen MR) is 68.1 cm³/mol. The van der Waals surface area contributed by atoms with Crippen LogP contribution in [0, 0.1) is 0 Å². The lowest BCUT2D eigenvalue weighted by Gasteiger charge is -2.16. The van der Waals surface area contributed by atoms with Gasteiger partial charge < -0.3 is 11.1 Å². The van der Waals surface area contributed by atoms with E-state index in [4.69, 9.17) is 5.73 Å². The molecule has 0 unspecified atom stereocenters. The van der Waals surface area contributed by atoms with Crippen LogP contribution in [-0.4, -0.2) is 5.91 Å². The highest BCUT2D eigenvalue weighted by atomic mass is 79.9. The Morgan fingerprint density at radius 1 is 1.56 bits per heavy atom. The van der Waals surface area contributed by atoms with Crippen LogP contribution < -0.4 is 11.1 Å². The monoisotopic (exact) mass is 282 g/mol. The molecular weight excluding hydrogens is 268 g/mol. The summed E-state index contributed by atoms with van der Waals surface area (Å²) in [4.78, 5) is 11.2. The van der Waals surface area contributed by atoms with Gasteiger partial charge in [-0.25, -0.2) is 0 Å². The van der Waals surface area contributed by atoms with E-state index >= 15 is 0 Å². The highest BCUT2D eigenvalue weighted by Gasteiger charge is 2.24. The van der Waals surface area contributed by atoms with Gasteiger partial charge in [0.2, 0.25) is 5.91 Å². The highest BCUT2D eigenvalue weighted by Crippen LogP contribution is 2.33. The molecule has 1 amide bonds. The van der Waals surface area contributed by atoms with Gasteiger partial charge in [-0.3, -0.25) is 4.79 Å². The number of amides is 1. The van der Waals surface area contributed by atoms with Crippen molar-refractivity contribution in [1.29, 1.82) is 0 Å². The van der Waals surface area contributed by atoms with Crippen molar-refractivity contribution < 1.29 is 4.79 Å². The van der Waals surface area contributed by atoms with Gasteiger partial charge >= 0.3 is 0 Å². The number of anilines is 1. The molecule has 1 aliphatic rings. The lowest BCUT2D eigenvalue weighted by molar-refractivity contribution is -0.119. The largest absolute Gasteiger partial charge is 0.398 e. The number of benzene rings is 1. The number of carbonyl (C=O) groups excluding carboxylic acids is 1. The number of nitrogens with two attached hydrogens (primary N) is 1. The zero-order chi connectivity index (χ0) is 11.7. The van der Waals surface area contributed by atoms with Crippen molar-refractivity contribution >= 4 is 27.5 Å². The molecule has 3 nitrogen and oxygen atoms in total. The molecule has 1 heterocycles. The summed E-state index contributed by atoms with van der Waals surface area (Å²) < 4.78 is 1.02. The minimum Gasteiger partial charge on any atom is -0.398 e. The van der Waals surface area contributed by atoms with Crippen LogP contribution in [0.15, 0.2) is 16.6 Å². The molecule has 1 fully saturated rings. The lowest BCUT2D eigenvalue weighted by atomic mass is 9.99. The van der Waals surface area contributed by atoms with Crippen molar-refractivity contribution in [3.05, 3.63) is 27.7 Å². The van der Waals surface area contributed by atoms with E-state index < -0.39 is 0 Å². The van der Waals surface area contributed by atoms with E-state index in [0.29, 0.717) is 6.42 Å². The average Bonchev–Trinajstić information content (AvgIpc) is 2.67. The Morgan fingerprint density at radius 3 is 2.88 bits per heavy atom. The first kappa shape index (κ1) is 11.5. The molecule has 1 saturated heterocycles. The minimum atomic E-state index is 0.0790. The van der Waals surface area contributed by atoms with Gasteiger partial charge in [-0.1, -0.05) is 22.9 Å². The van der Waals surface area contributed by atoms with Gasteiger partial charge in [-0.2, -0.15) is 0 Å². The number of aryl methyl sites for hydroxylation is 1. The third kappa shape index (κ3) is 2.07. The van der Waals surface area contributed by atoms with Crippen molar-refractivity contribution in [1.82, 2.24) is 5.32 Å². The molecule has 1 atom stereocenters. The van der Waals surface area contributed by atoms with Gasteiger partial charge in [0, 0.05) is 16.6 Å². The fourth-order valence-electron chi connectivity index (χ4n) is 2.13. The van der Waals surface area contributed by atoms with Crippen LogP contribution in [0.2, 0.25) is 0 Å². The highest BCUT2D eigenvalue weighted by molar-refractivity contribution is 9.10. The van der Waals surface area contributed by atoms with Gasteiger partial charge in [-0.15, -0.1) is 0 Å². The predicted octanol–water partition coefficient (Wildman–Crippen LogP) is 2.54. The molecule has 0 aliphatic carbocycles. The van der Waals surface area contributed by atoms with Crippen molar-refractivity contribution in [3.63, 3.8) is 0 Å². The zero-order valence-corrected chi connectivity index (χ0v) is 10.8. The van der Waals surface area contributed by atoms with Crippen LogP contribution in [0.4, 0.5) is 5.69 Å². The standard InChI is InChI=1S/C12H15BrN2O/c1-2-7-5-8(13)6-9(12(7)14)10-3-4-11(16)15-10/h5-6,10H,2-4,14H2,1H3,(H,15,16)/t10-/m0/s1. The van der Waals surface area contributed by atoms with E-state index in [1.807, 2.05) is 12.1 Å². The Bertz CT molecular complexity index is 431. The normalized spacial score (nSPS) is 19.9. The van der Waals surface area contributed by atoms with Crippen molar-refractivity contribution in [3.8, 4) is 0 Å². The number of hydrogen-bond donors (Lipinski definition) is 2. The van der Waals surface area contributed by atoms with Crippen LogP contribution in [0.1, 0.15) is 36.9 Å². The van der Waals surface area contributed by atoms with Gasteiger partial charge in [0.05, 0.1) is 6.04 Å². The molecule has 16 heavy (non-hydrogen) atoms. The number of nitrogens with one attached hydrogen (secondary N) is 1. The molecule has 1 aromatic carbocycles. The summed E-state index contributed by atoms with van der Waals surface area (Å²) in [5, 5.41) is 2.95. The van der Waals surface area contributed by atoms with Gasteiger partial charge in [0.15, 0.2) is 0 Å². The summed E-state index contributed by atoms with van der Waals surface area (Å²) in [6, 6.07) is 4.12. The lowest BCUT2D eigenvalue weighted by Crippen LogP contribution is -2.19. The van der Waals surface area contributed by atoms with E-state index in [1.165, 1.54) is 0 Å². The molecule has 2 rings (SSSR count). The van der Waals surface area contributed by atoms with Gasteiger partial charge in [-0.05, 0) is 36.1 Å². The third-order valence-corrected chi connectivity index (χ3v) is 3.47. The number of hydrogen-bond acceptors (Lipinski definition) is 2. The fourth-order valence-corrected chi connectivity index (χ4v) is 2.65. The summed E-state index contributed by atoms with van der Waals surface area (Å²) in [6.45, 7) is 2.08. The summed E-state index contributed by atoms with van der Waals surface area (Å²) in [6.07, 6.45) is 2.33. The third-order valence-electron chi connectivity index (χ3n) is 3.01. The maximum Gasteiger partial charge on any atom is 0.220 e. The Balaban J connectivity index is 2.40. The molecule has 0 bridgehead atoms. The Hall–Kier alpha value is -1.03. The molecule has 0 aromatic heterocycles. The Kier molecular flexibility index (Phi) is 3.19. The smallest absolute Gasteiger partial charge is 0.220 e. The molecule has 1 aliphatic heterocycles. The summed E-state index contributed by atoms with van der Waals surface area (Å²) in [5.41, 5.74) is 9.10. The SMILES string of the molecule is CCc1cc(Br)cc([C@@H]2CCC(=O)N2)c1N. The second-order valence-corrected chi connectivity index (χ2v) is 5.00. The number of halogens is 1. The summed E-state index contributed by atoms with van der Waals surface area (Å²) in [5.74, 6) is 0.113. The maximum absolute atomic E-state index is 11.2. The van der Waals surface area contributed by atoms with E-state index in [9.17, 15) is 4.79 Å². The number of nitrogen functional groups attached to an aromatic ring is 1. The molecular formula is C12H15BrN2O. The number of carbonyl (C=O) groups is 1. The van der Waals surface area contributed by atoms with E-state index in [0.717, 1.165) is 34.1 Å². The molecule has 86 valence electrons. The molecule has 0 saturated carbocycles. The van der Waals surface area contributed by atoms with Crippen LogP contribution in [0.5, 0.6) is 0 Å². The first-order chi connectivity index (χ1) is 7.61. The van der Waals surface area contributed by atoms with Crippen molar-refractivity contribution in [2.24, 2.45) is 0 Å². The van der Waals surface area contributed by atoms with Gasteiger partial charge in [0.1, 0.15) is 0 Å². The van der Waals surface area contributed by atoms with Crippen LogP contribution >= 0.6 is 15.9 Å².